The lowest BCUT2D eigenvalue weighted by atomic mass is 10.1. The van der Waals surface area contributed by atoms with Crippen molar-refractivity contribution in [2.24, 2.45) is 0 Å². The normalized spacial score (nSPS) is 19.9. The molecule has 1 aliphatic heterocycles. The Morgan fingerprint density at radius 3 is 2.85 bits per heavy atom. The molecule has 1 aliphatic rings. The van der Waals surface area contributed by atoms with Crippen molar-refractivity contribution in [3.63, 3.8) is 0 Å². The Morgan fingerprint density at radius 2 is 2.23 bits per heavy atom. The van der Waals surface area contributed by atoms with Crippen molar-refractivity contribution in [2.75, 3.05) is 0 Å². The van der Waals surface area contributed by atoms with Crippen molar-refractivity contribution in [3.05, 3.63) is 28.0 Å². The minimum Gasteiger partial charge on any atom is -0.479 e. The van der Waals surface area contributed by atoms with E-state index in [4.69, 9.17) is 4.74 Å². The summed E-state index contributed by atoms with van der Waals surface area (Å²) in [4.78, 5) is 11.4. The Labute approximate surface area is 82.8 Å². The van der Waals surface area contributed by atoms with Crippen LogP contribution < -0.4 is 4.74 Å². The van der Waals surface area contributed by atoms with Crippen LogP contribution in [0.2, 0.25) is 0 Å². The summed E-state index contributed by atoms with van der Waals surface area (Å²) >= 11 is 3.18. The standard InChI is InChI=1S/C9H6BrFO2/c1-4-8(12)7-5(10)2-3-6(11)9(7)13-4/h2-4H,1H3. The monoisotopic (exact) mass is 244 g/mol. The highest BCUT2D eigenvalue weighted by Gasteiger charge is 2.33. The van der Waals surface area contributed by atoms with Crippen LogP contribution >= 0.6 is 15.9 Å². The Hall–Kier alpha value is -0.900. The maximum atomic E-state index is 13.1. The van der Waals surface area contributed by atoms with Gasteiger partial charge in [0.15, 0.2) is 17.7 Å². The number of carbonyl (C=O) groups excluding carboxylic acids is 1. The number of ether oxygens (including phenoxy) is 1. The maximum Gasteiger partial charge on any atom is 0.207 e. The fraction of sp³-hybridized carbons (Fsp3) is 0.222. The lowest BCUT2D eigenvalue weighted by Gasteiger charge is -2.01. The number of halogens is 2. The Kier molecular flexibility index (Phi) is 1.87. The second-order valence-electron chi connectivity index (χ2n) is 2.86. The number of hydrogen-bond acceptors (Lipinski definition) is 2. The first-order valence-corrected chi connectivity index (χ1v) is 4.59. The fourth-order valence-electron chi connectivity index (χ4n) is 1.31. The second kappa shape index (κ2) is 2.80. The molecule has 0 radical (unpaired) electrons. The average Bonchev–Trinajstić information content (AvgIpc) is 2.38. The average molecular weight is 245 g/mol. The van der Waals surface area contributed by atoms with Gasteiger partial charge in [0.05, 0.1) is 5.56 Å². The van der Waals surface area contributed by atoms with Crippen molar-refractivity contribution < 1.29 is 13.9 Å². The lowest BCUT2D eigenvalue weighted by molar-refractivity contribution is 0.0876. The van der Waals surface area contributed by atoms with Crippen LogP contribution in [0.1, 0.15) is 17.3 Å². The molecule has 0 amide bonds. The van der Waals surface area contributed by atoms with E-state index in [1.54, 1.807) is 6.92 Å². The molecule has 1 unspecified atom stereocenters. The SMILES string of the molecule is CC1Oc2c(F)ccc(Br)c2C1=O. The second-order valence-corrected chi connectivity index (χ2v) is 3.71. The van der Waals surface area contributed by atoms with E-state index < -0.39 is 11.9 Å². The van der Waals surface area contributed by atoms with Gasteiger partial charge in [0.25, 0.3) is 0 Å². The first-order valence-electron chi connectivity index (χ1n) is 3.80. The van der Waals surface area contributed by atoms with Crippen molar-refractivity contribution in [3.8, 4) is 5.75 Å². The minimum absolute atomic E-state index is 0.0619. The number of ketones is 1. The van der Waals surface area contributed by atoms with Gasteiger partial charge in [-0.15, -0.1) is 0 Å². The van der Waals surface area contributed by atoms with Gasteiger partial charge in [-0.05, 0) is 35.0 Å². The Balaban J connectivity index is 2.68. The summed E-state index contributed by atoms with van der Waals surface area (Å²) in [6, 6.07) is 2.78. The molecule has 0 N–H and O–H groups in total. The first kappa shape index (κ1) is 8.69. The predicted molar refractivity (Wildman–Crippen MR) is 48.5 cm³/mol. The van der Waals surface area contributed by atoms with Gasteiger partial charge in [-0.3, -0.25) is 4.79 Å². The molecule has 0 bridgehead atoms. The van der Waals surface area contributed by atoms with Gasteiger partial charge in [-0.25, -0.2) is 4.39 Å². The number of carbonyl (C=O) groups is 1. The Bertz CT molecular complexity index is 389. The van der Waals surface area contributed by atoms with E-state index in [2.05, 4.69) is 15.9 Å². The largest absolute Gasteiger partial charge is 0.479 e. The molecule has 1 atom stereocenters. The van der Waals surface area contributed by atoms with Crippen molar-refractivity contribution >= 4 is 21.7 Å². The number of rotatable bonds is 0. The van der Waals surface area contributed by atoms with Crippen molar-refractivity contribution in [1.82, 2.24) is 0 Å². The summed E-state index contributed by atoms with van der Waals surface area (Å²) in [7, 11) is 0. The minimum atomic E-state index is -0.580. The molecule has 2 nitrogen and oxygen atoms in total. The number of Topliss-reactive ketones (excluding diaryl/α,β-unsaturated/α-hetero) is 1. The van der Waals surface area contributed by atoms with Gasteiger partial charge in [0, 0.05) is 4.47 Å². The van der Waals surface area contributed by atoms with Gasteiger partial charge >= 0.3 is 0 Å². The van der Waals surface area contributed by atoms with Crippen LogP contribution in [0.3, 0.4) is 0 Å². The molecule has 0 saturated carbocycles. The van der Waals surface area contributed by atoms with Crippen LogP contribution in [0.25, 0.3) is 0 Å². The smallest absolute Gasteiger partial charge is 0.207 e. The lowest BCUT2D eigenvalue weighted by Crippen LogP contribution is -2.15. The zero-order valence-corrected chi connectivity index (χ0v) is 8.39. The van der Waals surface area contributed by atoms with Crippen LogP contribution in [-0.4, -0.2) is 11.9 Å². The summed E-state index contributed by atoms with van der Waals surface area (Å²) in [5, 5.41) is 0. The third-order valence-corrected chi connectivity index (χ3v) is 2.63. The number of hydrogen-bond donors (Lipinski definition) is 0. The van der Waals surface area contributed by atoms with Crippen LogP contribution in [0, 0.1) is 5.82 Å². The zero-order chi connectivity index (χ0) is 9.59. The highest BCUT2D eigenvalue weighted by molar-refractivity contribution is 9.10. The van der Waals surface area contributed by atoms with E-state index in [-0.39, 0.29) is 11.5 Å². The van der Waals surface area contributed by atoms with Gasteiger partial charge in [0.2, 0.25) is 5.78 Å². The summed E-state index contributed by atoms with van der Waals surface area (Å²) < 4.78 is 18.8. The molecule has 0 aromatic heterocycles. The van der Waals surface area contributed by atoms with Crippen molar-refractivity contribution in [1.29, 1.82) is 0 Å². The van der Waals surface area contributed by atoms with E-state index in [0.717, 1.165) is 0 Å². The summed E-state index contributed by atoms with van der Waals surface area (Å²) in [5.74, 6) is -0.607. The van der Waals surface area contributed by atoms with E-state index in [0.29, 0.717) is 10.0 Å². The molecule has 2 rings (SSSR count). The highest BCUT2D eigenvalue weighted by Crippen LogP contribution is 2.36. The third-order valence-electron chi connectivity index (χ3n) is 1.97. The molecule has 1 heterocycles. The number of fused-ring (bicyclic) bond motifs is 1. The van der Waals surface area contributed by atoms with E-state index >= 15 is 0 Å². The van der Waals surface area contributed by atoms with E-state index in [9.17, 15) is 9.18 Å². The number of benzene rings is 1. The summed E-state index contributed by atoms with van der Waals surface area (Å²) in [6.07, 6.45) is -0.580. The topological polar surface area (TPSA) is 26.3 Å². The first-order chi connectivity index (χ1) is 6.11. The fourth-order valence-corrected chi connectivity index (χ4v) is 1.82. The summed E-state index contributed by atoms with van der Waals surface area (Å²) in [5.41, 5.74) is 0.313. The predicted octanol–water partition coefficient (Wildman–Crippen LogP) is 2.55. The van der Waals surface area contributed by atoms with Crippen LogP contribution in [0.15, 0.2) is 16.6 Å². The molecule has 1 aromatic rings. The summed E-state index contributed by atoms with van der Waals surface area (Å²) in [6.45, 7) is 1.61. The van der Waals surface area contributed by atoms with Crippen LogP contribution in [0.4, 0.5) is 4.39 Å². The van der Waals surface area contributed by atoms with Gasteiger partial charge in [0.1, 0.15) is 0 Å². The molecule has 0 aliphatic carbocycles. The van der Waals surface area contributed by atoms with Gasteiger partial charge in [-0.1, -0.05) is 0 Å². The molecule has 0 saturated heterocycles. The molecule has 1 aromatic carbocycles. The molecule has 68 valence electrons. The molecule has 0 fully saturated rings. The zero-order valence-electron chi connectivity index (χ0n) is 6.80. The molecular formula is C9H6BrFO2. The molecular weight excluding hydrogens is 239 g/mol. The van der Waals surface area contributed by atoms with E-state index in [1.165, 1.54) is 12.1 Å². The van der Waals surface area contributed by atoms with Crippen LogP contribution in [-0.2, 0) is 0 Å². The van der Waals surface area contributed by atoms with Crippen LogP contribution in [0.5, 0.6) is 5.75 Å². The quantitative estimate of drug-likeness (QED) is 0.702. The molecule has 0 spiro atoms. The molecule has 4 heteroatoms. The van der Waals surface area contributed by atoms with Gasteiger partial charge < -0.3 is 4.74 Å². The third kappa shape index (κ3) is 1.16. The van der Waals surface area contributed by atoms with Gasteiger partial charge in [-0.2, -0.15) is 0 Å². The highest BCUT2D eigenvalue weighted by atomic mass is 79.9. The molecule has 13 heavy (non-hydrogen) atoms. The maximum absolute atomic E-state index is 13.1. The Morgan fingerprint density at radius 1 is 1.54 bits per heavy atom. The van der Waals surface area contributed by atoms with E-state index in [1.807, 2.05) is 0 Å². The van der Waals surface area contributed by atoms with Crippen molar-refractivity contribution in [2.45, 2.75) is 13.0 Å².